The van der Waals surface area contributed by atoms with E-state index in [-0.39, 0.29) is 17.2 Å². The summed E-state index contributed by atoms with van der Waals surface area (Å²) in [7, 11) is 0. The van der Waals surface area contributed by atoms with E-state index < -0.39 is 0 Å². The highest BCUT2D eigenvalue weighted by atomic mass is 35.5. The lowest BCUT2D eigenvalue weighted by molar-refractivity contribution is -0.130. The highest BCUT2D eigenvalue weighted by Gasteiger charge is 2.35. The van der Waals surface area contributed by atoms with Crippen molar-refractivity contribution < 1.29 is 9.59 Å². The third-order valence-corrected chi connectivity index (χ3v) is 6.09. The van der Waals surface area contributed by atoms with Crippen LogP contribution in [0.1, 0.15) is 21.4 Å². The Bertz CT molecular complexity index is 975. The molecule has 0 saturated carbocycles. The van der Waals surface area contributed by atoms with Crippen molar-refractivity contribution in [1.82, 2.24) is 14.8 Å². The smallest absolute Gasteiger partial charge is 0.272 e. The quantitative estimate of drug-likeness (QED) is 0.738. The fourth-order valence-corrected chi connectivity index (χ4v) is 4.73. The molecule has 0 spiro atoms. The highest BCUT2D eigenvalue weighted by Crippen LogP contribution is 2.38. The number of hydrogen-bond donors (Lipinski definition) is 1. The van der Waals surface area contributed by atoms with Gasteiger partial charge in [0.1, 0.15) is 5.37 Å². The van der Waals surface area contributed by atoms with Gasteiger partial charge in [0.2, 0.25) is 0 Å². The number of halogens is 1. The molecule has 3 aromatic rings. The van der Waals surface area contributed by atoms with Gasteiger partial charge in [-0.3, -0.25) is 15.0 Å². The summed E-state index contributed by atoms with van der Waals surface area (Å²) >= 11 is 8.76. The molecule has 0 radical (unpaired) electrons. The van der Waals surface area contributed by atoms with Crippen LogP contribution in [-0.4, -0.2) is 26.9 Å². The lowest BCUT2D eigenvalue weighted by atomic mass is 10.2. The van der Waals surface area contributed by atoms with Crippen molar-refractivity contribution in [3.63, 3.8) is 0 Å². The molecule has 0 aliphatic carbocycles. The van der Waals surface area contributed by atoms with Crippen molar-refractivity contribution in [1.29, 1.82) is 0 Å². The van der Waals surface area contributed by atoms with Gasteiger partial charge >= 0.3 is 0 Å². The number of amides is 2. The number of aromatic nitrogens is 1. The molecule has 25 heavy (non-hydrogen) atoms. The maximum absolute atomic E-state index is 12.7. The van der Waals surface area contributed by atoms with Crippen LogP contribution < -0.4 is 5.43 Å². The Hall–Kier alpha value is -2.09. The van der Waals surface area contributed by atoms with Crippen LogP contribution >= 0.6 is 34.9 Å². The minimum absolute atomic E-state index is 0.150. The molecule has 1 aliphatic rings. The molecule has 5 nitrogen and oxygen atoms in total. The fraction of sp³-hybridized carbons (Fsp3) is 0.118. The summed E-state index contributed by atoms with van der Waals surface area (Å²) in [6, 6.07) is 14.8. The minimum Gasteiger partial charge on any atom is -0.272 e. The van der Waals surface area contributed by atoms with E-state index in [1.54, 1.807) is 12.1 Å². The number of fused-ring (bicyclic) bond motifs is 1. The molecule has 1 fully saturated rings. The number of carbonyl (C=O) groups is 2. The van der Waals surface area contributed by atoms with E-state index in [9.17, 15) is 9.59 Å². The molecular formula is C17H12ClN3O2S2. The summed E-state index contributed by atoms with van der Waals surface area (Å²) in [6.45, 7) is 0. The highest BCUT2D eigenvalue weighted by molar-refractivity contribution is 8.00. The van der Waals surface area contributed by atoms with Gasteiger partial charge in [0, 0.05) is 10.4 Å². The lowest BCUT2D eigenvalue weighted by Crippen LogP contribution is -2.44. The van der Waals surface area contributed by atoms with Crippen LogP contribution in [0.25, 0.3) is 10.1 Å². The summed E-state index contributed by atoms with van der Waals surface area (Å²) in [4.78, 5) is 24.9. The standard InChI is InChI=1S/C17H12ClN3O2S2/c18-11-5-3-4-10(8-11)17-21(14(22)9-24-17)19-16(23)15-12-6-1-2-7-13(12)25-20-15/h1-8,17H,9H2,(H,19,23). The van der Waals surface area contributed by atoms with Crippen LogP contribution in [0, 0.1) is 0 Å². The van der Waals surface area contributed by atoms with Crippen molar-refractivity contribution in [2.45, 2.75) is 5.37 Å². The second kappa shape index (κ2) is 6.67. The number of rotatable bonds is 3. The molecule has 1 aliphatic heterocycles. The van der Waals surface area contributed by atoms with Gasteiger partial charge in [0.25, 0.3) is 11.8 Å². The van der Waals surface area contributed by atoms with Crippen molar-refractivity contribution in [2.75, 3.05) is 5.75 Å². The van der Waals surface area contributed by atoms with Gasteiger partial charge in [0.05, 0.1) is 10.5 Å². The number of benzene rings is 2. The minimum atomic E-state index is -0.389. The summed E-state index contributed by atoms with van der Waals surface area (Å²) in [5, 5.41) is 2.44. The summed E-state index contributed by atoms with van der Waals surface area (Å²) in [5.74, 6) is -0.238. The molecule has 1 N–H and O–H groups in total. The Kier molecular flexibility index (Phi) is 4.37. The Balaban J connectivity index is 1.61. The molecule has 2 heterocycles. The first-order valence-electron chi connectivity index (χ1n) is 7.48. The molecule has 1 unspecified atom stereocenters. The van der Waals surface area contributed by atoms with E-state index in [1.807, 2.05) is 36.4 Å². The van der Waals surface area contributed by atoms with Crippen molar-refractivity contribution in [2.24, 2.45) is 0 Å². The molecule has 2 aromatic carbocycles. The summed E-state index contributed by atoms with van der Waals surface area (Å²) < 4.78 is 5.17. The number of hydrogen-bond acceptors (Lipinski definition) is 5. The summed E-state index contributed by atoms with van der Waals surface area (Å²) in [6.07, 6.45) is 0. The van der Waals surface area contributed by atoms with Crippen LogP contribution in [0.15, 0.2) is 48.5 Å². The Morgan fingerprint density at radius 2 is 2.08 bits per heavy atom. The number of nitrogens with one attached hydrogen (secondary N) is 1. The maximum Gasteiger partial charge on any atom is 0.290 e. The molecule has 2 amide bonds. The first-order chi connectivity index (χ1) is 12.1. The number of nitrogens with zero attached hydrogens (tertiary/aromatic N) is 2. The average Bonchev–Trinajstić information content (AvgIpc) is 3.19. The molecule has 1 saturated heterocycles. The largest absolute Gasteiger partial charge is 0.290 e. The first-order valence-corrected chi connectivity index (χ1v) is 9.68. The van der Waals surface area contributed by atoms with Gasteiger partial charge in [-0.1, -0.05) is 41.9 Å². The molecule has 1 aromatic heterocycles. The van der Waals surface area contributed by atoms with Crippen LogP contribution in [0.4, 0.5) is 0 Å². The predicted octanol–water partition coefficient (Wildman–Crippen LogP) is 3.87. The van der Waals surface area contributed by atoms with Gasteiger partial charge in [-0.25, -0.2) is 5.01 Å². The first kappa shape index (κ1) is 16.4. The van der Waals surface area contributed by atoms with Crippen molar-refractivity contribution in [3.05, 3.63) is 64.8 Å². The van der Waals surface area contributed by atoms with E-state index in [0.29, 0.717) is 16.5 Å². The number of thioether (sulfide) groups is 1. The van der Waals surface area contributed by atoms with E-state index >= 15 is 0 Å². The maximum atomic E-state index is 12.7. The molecule has 126 valence electrons. The lowest BCUT2D eigenvalue weighted by Gasteiger charge is -2.24. The number of hydrazine groups is 1. The fourth-order valence-electron chi connectivity index (χ4n) is 2.66. The van der Waals surface area contributed by atoms with Crippen LogP contribution in [0.2, 0.25) is 5.02 Å². The van der Waals surface area contributed by atoms with Crippen LogP contribution in [-0.2, 0) is 4.79 Å². The van der Waals surface area contributed by atoms with Crippen molar-refractivity contribution in [3.8, 4) is 0 Å². The zero-order chi connectivity index (χ0) is 17.4. The second-order valence-electron chi connectivity index (χ2n) is 5.45. The van der Waals surface area contributed by atoms with E-state index in [0.717, 1.165) is 15.6 Å². The Morgan fingerprint density at radius 3 is 2.92 bits per heavy atom. The Morgan fingerprint density at radius 1 is 1.24 bits per heavy atom. The third-order valence-electron chi connectivity index (χ3n) is 3.82. The van der Waals surface area contributed by atoms with Gasteiger partial charge in [0.15, 0.2) is 5.69 Å². The SMILES string of the molecule is O=C(NN1C(=O)CSC1c1cccc(Cl)c1)c1nsc2ccccc12. The normalized spacial score (nSPS) is 17.2. The van der Waals surface area contributed by atoms with E-state index in [1.165, 1.54) is 28.3 Å². The Labute approximate surface area is 157 Å². The molecule has 1 atom stereocenters. The molecule has 8 heteroatoms. The second-order valence-corrected chi connectivity index (χ2v) is 7.76. The summed E-state index contributed by atoms with van der Waals surface area (Å²) in [5.41, 5.74) is 3.91. The zero-order valence-corrected chi connectivity index (χ0v) is 15.2. The van der Waals surface area contributed by atoms with Crippen LogP contribution in [0.3, 0.4) is 0 Å². The van der Waals surface area contributed by atoms with Crippen molar-refractivity contribution >= 4 is 56.8 Å². The molecule has 4 rings (SSSR count). The zero-order valence-electron chi connectivity index (χ0n) is 12.8. The van der Waals surface area contributed by atoms with Gasteiger partial charge in [-0.15, -0.1) is 11.8 Å². The molecule has 0 bridgehead atoms. The van der Waals surface area contributed by atoms with Gasteiger partial charge in [-0.2, -0.15) is 4.37 Å². The third kappa shape index (κ3) is 3.10. The van der Waals surface area contributed by atoms with E-state index in [2.05, 4.69) is 9.80 Å². The van der Waals surface area contributed by atoms with E-state index in [4.69, 9.17) is 11.6 Å². The average molecular weight is 390 g/mol. The number of carbonyl (C=O) groups excluding carboxylic acids is 2. The van der Waals surface area contributed by atoms with Crippen LogP contribution in [0.5, 0.6) is 0 Å². The molecular weight excluding hydrogens is 378 g/mol. The topological polar surface area (TPSA) is 62.3 Å². The monoisotopic (exact) mass is 389 g/mol. The van der Waals surface area contributed by atoms with Gasteiger partial charge in [-0.05, 0) is 35.3 Å². The predicted molar refractivity (Wildman–Crippen MR) is 101 cm³/mol. The van der Waals surface area contributed by atoms with Gasteiger partial charge < -0.3 is 0 Å².